The molecular formula is C13H12ClN3O3S. The molecule has 1 unspecified atom stereocenters. The van der Waals surface area contributed by atoms with Crippen molar-refractivity contribution in [3.8, 4) is 0 Å². The number of hydrogen-bond donors (Lipinski definition) is 2. The lowest BCUT2D eigenvalue weighted by Gasteiger charge is -2.09. The van der Waals surface area contributed by atoms with Crippen molar-refractivity contribution in [2.75, 3.05) is 5.75 Å². The quantitative estimate of drug-likeness (QED) is 0.877. The van der Waals surface area contributed by atoms with E-state index in [-0.39, 0.29) is 23.9 Å². The van der Waals surface area contributed by atoms with Crippen LogP contribution >= 0.6 is 11.6 Å². The van der Waals surface area contributed by atoms with Crippen molar-refractivity contribution in [2.45, 2.75) is 12.6 Å². The number of aromatic amines is 1. The summed E-state index contributed by atoms with van der Waals surface area (Å²) >= 11 is 5.89. The van der Waals surface area contributed by atoms with Crippen molar-refractivity contribution in [3.05, 3.63) is 50.9 Å². The van der Waals surface area contributed by atoms with Gasteiger partial charge in [-0.2, -0.15) is 0 Å². The lowest BCUT2D eigenvalue weighted by Crippen LogP contribution is -2.31. The molecule has 0 bridgehead atoms. The van der Waals surface area contributed by atoms with Crippen LogP contribution in [0, 0.1) is 0 Å². The Hall–Kier alpha value is -1.70. The summed E-state index contributed by atoms with van der Waals surface area (Å²) < 4.78 is 22.6. The first kappa shape index (κ1) is 14.2. The van der Waals surface area contributed by atoms with E-state index in [9.17, 15) is 13.2 Å². The molecule has 110 valence electrons. The molecule has 8 heteroatoms. The summed E-state index contributed by atoms with van der Waals surface area (Å²) in [7, 11) is -3.10. The van der Waals surface area contributed by atoms with Crippen LogP contribution in [0.25, 0.3) is 10.9 Å². The van der Waals surface area contributed by atoms with Crippen molar-refractivity contribution in [1.29, 1.82) is 0 Å². The predicted octanol–water partition coefficient (Wildman–Crippen LogP) is 0.977. The molecule has 2 aromatic rings. The third kappa shape index (κ3) is 3.15. The standard InChI is InChI=1S/C13H12ClN3O3S/c14-8-1-2-10-11(5-8)16-12(17-13(10)18)6-15-9-3-4-21(19,20)7-9/h1-5,9,15H,6-7H2,(H,16,17,18). The SMILES string of the molecule is O=c1[nH]c(CNC2C=CS(=O)(=O)C2)nc2cc(Cl)ccc12. The monoisotopic (exact) mass is 325 g/mol. The topological polar surface area (TPSA) is 91.9 Å². The fourth-order valence-corrected chi connectivity index (χ4v) is 3.61. The largest absolute Gasteiger partial charge is 0.309 e. The van der Waals surface area contributed by atoms with Crippen molar-refractivity contribution in [2.24, 2.45) is 0 Å². The molecule has 1 aliphatic heterocycles. The smallest absolute Gasteiger partial charge is 0.258 e. The molecule has 0 saturated heterocycles. The van der Waals surface area contributed by atoms with Gasteiger partial charge < -0.3 is 10.3 Å². The van der Waals surface area contributed by atoms with Gasteiger partial charge in [0.25, 0.3) is 5.56 Å². The van der Waals surface area contributed by atoms with Gasteiger partial charge in [-0.05, 0) is 18.2 Å². The van der Waals surface area contributed by atoms with Crippen LogP contribution in [-0.4, -0.2) is 30.2 Å². The zero-order chi connectivity index (χ0) is 15.0. The Morgan fingerprint density at radius 3 is 2.95 bits per heavy atom. The highest BCUT2D eigenvalue weighted by Gasteiger charge is 2.21. The molecule has 21 heavy (non-hydrogen) atoms. The molecule has 2 heterocycles. The van der Waals surface area contributed by atoms with E-state index in [0.717, 1.165) is 0 Å². The second-order valence-electron chi connectivity index (χ2n) is 4.82. The van der Waals surface area contributed by atoms with Crippen LogP contribution in [0.5, 0.6) is 0 Å². The molecule has 0 saturated carbocycles. The minimum Gasteiger partial charge on any atom is -0.309 e. The van der Waals surface area contributed by atoms with Crippen LogP contribution in [0.4, 0.5) is 0 Å². The first-order valence-corrected chi connectivity index (χ1v) is 8.35. The molecule has 0 fully saturated rings. The summed E-state index contributed by atoms with van der Waals surface area (Å²) in [4.78, 5) is 18.9. The zero-order valence-corrected chi connectivity index (χ0v) is 12.4. The van der Waals surface area contributed by atoms with Gasteiger partial charge in [-0.1, -0.05) is 17.7 Å². The lowest BCUT2D eigenvalue weighted by molar-refractivity contribution is 0.585. The van der Waals surface area contributed by atoms with E-state index < -0.39 is 9.84 Å². The van der Waals surface area contributed by atoms with E-state index in [1.165, 1.54) is 5.41 Å². The molecular weight excluding hydrogens is 314 g/mol. The van der Waals surface area contributed by atoms with E-state index in [0.29, 0.717) is 21.7 Å². The predicted molar refractivity (Wildman–Crippen MR) is 80.9 cm³/mol. The third-order valence-electron chi connectivity index (χ3n) is 3.18. The number of hydrogen-bond acceptors (Lipinski definition) is 5. The van der Waals surface area contributed by atoms with Gasteiger partial charge in [-0.25, -0.2) is 13.4 Å². The molecule has 3 rings (SSSR count). The number of rotatable bonds is 3. The fraction of sp³-hybridized carbons (Fsp3) is 0.231. The van der Waals surface area contributed by atoms with Crippen LogP contribution in [0.2, 0.25) is 5.02 Å². The van der Waals surface area contributed by atoms with E-state index in [2.05, 4.69) is 15.3 Å². The van der Waals surface area contributed by atoms with Crippen molar-refractivity contribution < 1.29 is 8.42 Å². The fourth-order valence-electron chi connectivity index (χ4n) is 2.18. The van der Waals surface area contributed by atoms with Gasteiger partial charge in [-0.3, -0.25) is 4.79 Å². The van der Waals surface area contributed by atoms with Crippen LogP contribution in [0.3, 0.4) is 0 Å². The summed E-state index contributed by atoms with van der Waals surface area (Å²) in [6.07, 6.45) is 1.59. The minimum absolute atomic E-state index is 0.0244. The molecule has 6 nitrogen and oxygen atoms in total. The number of H-pyrrole nitrogens is 1. The van der Waals surface area contributed by atoms with Gasteiger partial charge in [0, 0.05) is 16.5 Å². The zero-order valence-electron chi connectivity index (χ0n) is 10.8. The number of aromatic nitrogens is 2. The van der Waals surface area contributed by atoms with Crippen molar-refractivity contribution in [3.63, 3.8) is 0 Å². The first-order chi connectivity index (χ1) is 9.93. The maximum Gasteiger partial charge on any atom is 0.258 e. The van der Waals surface area contributed by atoms with Crippen LogP contribution in [0.1, 0.15) is 5.82 Å². The van der Waals surface area contributed by atoms with Gasteiger partial charge in [0.15, 0.2) is 9.84 Å². The molecule has 2 N–H and O–H groups in total. The average molecular weight is 326 g/mol. The summed E-state index contributed by atoms with van der Waals surface area (Å²) in [5.41, 5.74) is 0.265. The van der Waals surface area contributed by atoms with Crippen molar-refractivity contribution in [1.82, 2.24) is 15.3 Å². The summed E-state index contributed by atoms with van der Waals surface area (Å²) in [6.45, 7) is 0.266. The van der Waals surface area contributed by atoms with Crippen molar-refractivity contribution >= 4 is 32.3 Å². The molecule has 1 aliphatic rings. The molecule has 0 radical (unpaired) electrons. The van der Waals surface area contributed by atoms with Crippen LogP contribution in [0.15, 0.2) is 34.5 Å². The van der Waals surface area contributed by atoms with Gasteiger partial charge >= 0.3 is 0 Å². The Morgan fingerprint density at radius 1 is 1.43 bits per heavy atom. The van der Waals surface area contributed by atoms with Gasteiger partial charge in [0.05, 0.1) is 23.2 Å². The summed E-state index contributed by atoms with van der Waals surface area (Å²) in [5.74, 6) is 0.462. The maximum atomic E-state index is 11.9. The Balaban J connectivity index is 1.82. The number of halogens is 1. The normalized spacial score (nSPS) is 20.1. The molecule has 1 aromatic heterocycles. The van der Waals surface area contributed by atoms with E-state index in [1.54, 1.807) is 24.3 Å². The Bertz CT molecular complexity index is 889. The van der Waals surface area contributed by atoms with E-state index >= 15 is 0 Å². The highest BCUT2D eigenvalue weighted by atomic mass is 35.5. The molecule has 1 atom stereocenters. The second kappa shape index (κ2) is 5.25. The van der Waals surface area contributed by atoms with E-state index in [1.807, 2.05) is 0 Å². The number of benzene rings is 1. The highest BCUT2D eigenvalue weighted by molar-refractivity contribution is 7.94. The number of nitrogens with zero attached hydrogens (tertiary/aromatic N) is 1. The number of fused-ring (bicyclic) bond motifs is 1. The molecule has 1 aromatic carbocycles. The third-order valence-corrected chi connectivity index (χ3v) is 4.81. The number of sulfone groups is 1. The average Bonchev–Trinajstić information content (AvgIpc) is 2.75. The van der Waals surface area contributed by atoms with Gasteiger partial charge in [-0.15, -0.1) is 0 Å². The highest BCUT2D eigenvalue weighted by Crippen LogP contribution is 2.14. The first-order valence-electron chi connectivity index (χ1n) is 6.26. The Kier molecular flexibility index (Phi) is 3.56. The van der Waals surface area contributed by atoms with Crippen LogP contribution < -0.4 is 10.9 Å². The van der Waals surface area contributed by atoms with Crippen LogP contribution in [-0.2, 0) is 16.4 Å². The minimum atomic E-state index is -3.10. The summed E-state index contributed by atoms with van der Waals surface area (Å²) in [5, 5.41) is 5.19. The Labute approximate surface area is 125 Å². The molecule has 0 aliphatic carbocycles. The maximum absolute atomic E-state index is 11.9. The second-order valence-corrected chi connectivity index (χ2v) is 7.19. The van der Waals surface area contributed by atoms with E-state index in [4.69, 9.17) is 11.6 Å². The summed E-state index contributed by atoms with van der Waals surface area (Å²) in [6, 6.07) is 4.60. The molecule has 0 spiro atoms. The molecule has 0 amide bonds. The van der Waals surface area contributed by atoms with Gasteiger partial charge in [0.1, 0.15) is 5.82 Å². The Morgan fingerprint density at radius 2 is 2.24 bits per heavy atom. The van der Waals surface area contributed by atoms with Gasteiger partial charge in [0.2, 0.25) is 0 Å². The number of nitrogens with one attached hydrogen (secondary N) is 2. The lowest BCUT2D eigenvalue weighted by atomic mass is 10.2.